The second-order valence-corrected chi connectivity index (χ2v) is 7.32. The fraction of sp³-hybridized carbons (Fsp3) is 0.333. The molecule has 0 saturated carbocycles. The smallest absolute Gasteiger partial charge is 0.269 e. The molecule has 2 aromatic rings. The Hall–Kier alpha value is -3.46. The molecule has 0 radical (unpaired) electrons. The average molecular weight is 410 g/mol. The van der Waals surface area contributed by atoms with Crippen molar-refractivity contribution in [2.75, 3.05) is 19.9 Å². The Labute approximate surface area is 173 Å². The largest absolute Gasteiger partial charge is 0.454 e. The van der Waals surface area contributed by atoms with Crippen LogP contribution in [0.5, 0.6) is 11.5 Å². The number of benzene rings is 2. The average Bonchev–Trinajstić information content (AvgIpc) is 3.22. The van der Waals surface area contributed by atoms with Crippen LogP contribution < -0.4 is 14.9 Å². The molecule has 30 heavy (non-hydrogen) atoms. The molecule has 1 N–H and O–H groups in total. The molecule has 0 atom stereocenters. The Morgan fingerprint density at radius 2 is 1.90 bits per heavy atom. The van der Waals surface area contributed by atoms with E-state index in [1.165, 1.54) is 12.1 Å². The predicted molar refractivity (Wildman–Crippen MR) is 109 cm³/mol. The molecule has 2 aliphatic rings. The molecule has 9 nitrogen and oxygen atoms in total. The first-order valence-electron chi connectivity index (χ1n) is 9.77. The molecule has 9 heteroatoms. The van der Waals surface area contributed by atoms with E-state index in [2.05, 4.69) is 15.4 Å². The Bertz CT molecular complexity index is 952. The Balaban J connectivity index is 1.22. The van der Waals surface area contributed by atoms with Crippen molar-refractivity contribution in [2.45, 2.75) is 19.4 Å². The number of nitro groups is 1. The number of rotatable bonds is 6. The monoisotopic (exact) mass is 410 g/mol. The molecule has 2 aliphatic heterocycles. The number of nitrogens with zero attached hydrogens (tertiary/aromatic N) is 3. The number of ether oxygens (including phenoxy) is 2. The minimum absolute atomic E-state index is 0.0768. The van der Waals surface area contributed by atoms with Gasteiger partial charge in [-0.3, -0.25) is 19.8 Å². The summed E-state index contributed by atoms with van der Waals surface area (Å²) in [5.74, 6) is 1.22. The molecule has 0 bridgehead atoms. The van der Waals surface area contributed by atoms with Crippen molar-refractivity contribution in [1.82, 2.24) is 10.3 Å². The number of carbonyl (C=O) groups excluding carboxylic acids is 1. The number of fused-ring (bicyclic) bond motifs is 1. The van der Waals surface area contributed by atoms with Crippen LogP contribution in [-0.2, 0) is 11.3 Å². The highest BCUT2D eigenvalue weighted by Gasteiger charge is 2.25. The molecule has 1 fully saturated rings. The van der Waals surface area contributed by atoms with E-state index in [0.29, 0.717) is 18.0 Å². The third-order valence-electron chi connectivity index (χ3n) is 5.30. The minimum Gasteiger partial charge on any atom is -0.454 e. The Morgan fingerprint density at radius 3 is 2.63 bits per heavy atom. The van der Waals surface area contributed by atoms with E-state index in [9.17, 15) is 14.9 Å². The summed E-state index contributed by atoms with van der Waals surface area (Å²) in [6.45, 7) is 2.52. The third kappa shape index (κ3) is 4.74. The summed E-state index contributed by atoms with van der Waals surface area (Å²) in [6, 6.07) is 12.1. The van der Waals surface area contributed by atoms with Gasteiger partial charge in [0, 0.05) is 24.6 Å². The topological polar surface area (TPSA) is 106 Å². The Morgan fingerprint density at radius 1 is 1.17 bits per heavy atom. The van der Waals surface area contributed by atoms with Crippen LogP contribution in [0.25, 0.3) is 0 Å². The number of hydrogen-bond donors (Lipinski definition) is 1. The van der Waals surface area contributed by atoms with E-state index in [0.717, 1.165) is 37.1 Å². The van der Waals surface area contributed by atoms with E-state index in [4.69, 9.17) is 9.47 Å². The first-order chi connectivity index (χ1) is 14.6. The fourth-order valence-corrected chi connectivity index (χ4v) is 3.59. The lowest BCUT2D eigenvalue weighted by Crippen LogP contribution is -2.39. The van der Waals surface area contributed by atoms with Crippen molar-refractivity contribution >= 4 is 17.8 Å². The van der Waals surface area contributed by atoms with E-state index in [-0.39, 0.29) is 24.3 Å². The number of hydrazone groups is 1. The normalized spacial score (nSPS) is 16.7. The van der Waals surface area contributed by atoms with Gasteiger partial charge in [0.1, 0.15) is 0 Å². The molecule has 0 unspecified atom stereocenters. The number of likely N-dealkylation sites (tertiary alicyclic amines) is 1. The molecule has 2 aromatic carbocycles. The second kappa shape index (κ2) is 8.91. The lowest BCUT2D eigenvalue weighted by Gasteiger charge is -2.30. The summed E-state index contributed by atoms with van der Waals surface area (Å²) in [5, 5.41) is 14.8. The van der Waals surface area contributed by atoms with Crippen molar-refractivity contribution < 1.29 is 19.2 Å². The number of amides is 1. The van der Waals surface area contributed by atoms with Crippen LogP contribution >= 0.6 is 0 Å². The summed E-state index contributed by atoms with van der Waals surface area (Å²) in [6.07, 6.45) is 3.08. The van der Waals surface area contributed by atoms with Crippen molar-refractivity contribution in [1.29, 1.82) is 0 Å². The van der Waals surface area contributed by atoms with Crippen LogP contribution in [0.4, 0.5) is 5.69 Å². The van der Waals surface area contributed by atoms with Crippen LogP contribution in [0, 0.1) is 16.0 Å². The third-order valence-corrected chi connectivity index (χ3v) is 5.30. The lowest BCUT2D eigenvalue weighted by molar-refractivity contribution is -0.384. The van der Waals surface area contributed by atoms with Crippen LogP contribution in [0.3, 0.4) is 0 Å². The maximum atomic E-state index is 12.4. The van der Waals surface area contributed by atoms with Gasteiger partial charge in [0.25, 0.3) is 5.69 Å². The van der Waals surface area contributed by atoms with Gasteiger partial charge in [0.2, 0.25) is 12.7 Å². The summed E-state index contributed by atoms with van der Waals surface area (Å²) >= 11 is 0. The van der Waals surface area contributed by atoms with Gasteiger partial charge in [0.05, 0.1) is 11.1 Å². The van der Waals surface area contributed by atoms with Gasteiger partial charge in [-0.25, -0.2) is 5.43 Å². The van der Waals surface area contributed by atoms with Gasteiger partial charge in [0.15, 0.2) is 11.5 Å². The fourth-order valence-electron chi connectivity index (χ4n) is 3.59. The second-order valence-electron chi connectivity index (χ2n) is 7.32. The molecule has 4 rings (SSSR count). The zero-order valence-electron chi connectivity index (χ0n) is 16.3. The molecule has 0 spiro atoms. The van der Waals surface area contributed by atoms with Crippen LogP contribution in [0.15, 0.2) is 47.6 Å². The van der Waals surface area contributed by atoms with Crippen molar-refractivity contribution in [3.8, 4) is 11.5 Å². The first-order valence-corrected chi connectivity index (χ1v) is 9.77. The maximum Gasteiger partial charge on any atom is 0.269 e. The summed E-state index contributed by atoms with van der Waals surface area (Å²) in [7, 11) is 0. The van der Waals surface area contributed by atoms with Crippen LogP contribution in [0.1, 0.15) is 24.0 Å². The summed E-state index contributed by atoms with van der Waals surface area (Å²) in [5.41, 5.74) is 4.56. The van der Waals surface area contributed by atoms with E-state index < -0.39 is 4.92 Å². The van der Waals surface area contributed by atoms with Gasteiger partial charge >= 0.3 is 0 Å². The SMILES string of the molecule is O=C(N/N=C\c1ccc2c(c1)OCO2)C1CCN(Cc2ccc([N+](=O)[O-])cc2)CC1. The molecule has 1 amide bonds. The highest BCUT2D eigenvalue weighted by molar-refractivity contribution is 5.84. The van der Waals surface area contributed by atoms with Gasteiger partial charge in [-0.05, 0) is 55.3 Å². The van der Waals surface area contributed by atoms with Gasteiger partial charge < -0.3 is 9.47 Å². The standard InChI is InChI=1S/C21H22N4O5/c26-21(23-22-12-16-3-6-19-20(11-16)30-14-29-19)17-7-9-24(10-8-17)13-15-1-4-18(5-2-15)25(27)28/h1-6,11-12,17H,7-10,13-14H2,(H,23,26)/b22-12-. The van der Waals surface area contributed by atoms with Crippen LogP contribution in [0.2, 0.25) is 0 Å². The number of nitro benzene ring substituents is 1. The Kier molecular flexibility index (Phi) is 5.89. The van der Waals surface area contributed by atoms with E-state index >= 15 is 0 Å². The molecule has 0 aromatic heterocycles. The zero-order valence-corrected chi connectivity index (χ0v) is 16.3. The number of non-ortho nitro benzene ring substituents is 1. The maximum absolute atomic E-state index is 12.4. The zero-order chi connectivity index (χ0) is 20.9. The van der Waals surface area contributed by atoms with E-state index in [1.807, 2.05) is 18.2 Å². The quantitative estimate of drug-likeness (QED) is 0.446. The van der Waals surface area contributed by atoms with Gasteiger partial charge in [-0.1, -0.05) is 12.1 Å². The minimum atomic E-state index is -0.400. The predicted octanol–water partition coefficient (Wildman–Crippen LogP) is 2.69. The highest BCUT2D eigenvalue weighted by atomic mass is 16.7. The summed E-state index contributed by atoms with van der Waals surface area (Å²) < 4.78 is 10.6. The number of carbonyl (C=O) groups is 1. The molecule has 1 saturated heterocycles. The van der Waals surface area contributed by atoms with Crippen molar-refractivity contribution in [3.63, 3.8) is 0 Å². The van der Waals surface area contributed by atoms with E-state index in [1.54, 1.807) is 18.3 Å². The molecule has 0 aliphatic carbocycles. The molecular formula is C21H22N4O5. The number of nitrogens with one attached hydrogen (secondary N) is 1. The van der Waals surface area contributed by atoms with Crippen molar-refractivity contribution in [3.05, 3.63) is 63.7 Å². The number of hydrogen-bond acceptors (Lipinski definition) is 7. The van der Waals surface area contributed by atoms with Gasteiger partial charge in [-0.2, -0.15) is 5.10 Å². The van der Waals surface area contributed by atoms with Crippen LogP contribution in [-0.4, -0.2) is 41.8 Å². The first kappa shape index (κ1) is 19.8. The lowest BCUT2D eigenvalue weighted by atomic mass is 9.96. The van der Waals surface area contributed by atoms with Gasteiger partial charge in [-0.15, -0.1) is 0 Å². The molecule has 2 heterocycles. The van der Waals surface area contributed by atoms with Crippen molar-refractivity contribution in [2.24, 2.45) is 11.0 Å². The molecule has 156 valence electrons. The molecular weight excluding hydrogens is 388 g/mol. The number of piperidine rings is 1. The summed E-state index contributed by atoms with van der Waals surface area (Å²) in [4.78, 5) is 25.0. The highest BCUT2D eigenvalue weighted by Crippen LogP contribution is 2.32.